The summed E-state index contributed by atoms with van der Waals surface area (Å²) in [6.45, 7) is 3.13. The Morgan fingerprint density at radius 2 is 2.00 bits per heavy atom. The average molecular weight is 284 g/mol. The van der Waals surface area contributed by atoms with E-state index in [0.29, 0.717) is 5.69 Å². The third-order valence-electron chi connectivity index (χ3n) is 3.54. The van der Waals surface area contributed by atoms with Gasteiger partial charge in [-0.15, -0.1) is 0 Å². The van der Waals surface area contributed by atoms with Crippen LogP contribution in [0, 0.1) is 0 Å². The topological polar surface area (TPSA) is 83.6 Å². The molecule has 19 heavy (non-hydrogen) atoms. The van der Waals surface area contributed by atoms with Crippen molar-refractivity contribution in [2.75, 3.05) is 29.5 Å². The summed E-state index contributed by atoms with van der Waals surface area (Å²) >= 11 is 0. The van der Waals surface area contributed by atoms with Gasteiger partial charge in [0, 0.05) is 18.8 Å². The number of piperidine rings is 1. The Morgan fingerprint density at radius 3 is 2.53 bits per heavy atom. The molecule has 1 aromatic rings. The van der Waals surface area contributed by atoms with Crippen LogP contribution in [0.2, 0.25) is 0 Å². The van der Waals surface area contributed by atoms with Crippen molar-refractivity contribution in [3.8, 4) is 0 Å². The summed E-state index contributed by atoms with van der Waals surface area (Å²) in [5.74, 6) is 0.0481. The summed E-state index contributed by atoms with van der Waals surface area (Å²) < 4.78 is 23.7. The highest BCUT2D eigenvalue weighted by Gasteiger charge is 2.20. The number of rotatable bonds is 3. The predicted molar refractivity (Wildman–Crippen MR) is 76.0 cm³/mol. The first kappa shape index (κ1) is 14.1. The predicted octanol–water partition coefficient (Wildman–Crippen LogP) is 1.02. The van der Waals surface area contributed by atoms with Crippen LogP contribution in [0.1, 0.15) is 19.8 Å². The molecule has 0 radical (unpaired) electrons. The zero-order valence-electron chi connectivity index (χ0n) is 11.0. The summed E-state index contributed by atoms with van der Waals surface area (Å²) in [7, 11) is -3.27. The number of hydrogen-bond acceptors (Lipinski definition) is 5. The minimum atomic E-state index is -3.27. The number of hydrogen-bond donors (Lipinski definition) is 2. The Labute approximate surface area is 113 Å². The van der Waals surface area contributed by atoms with Crippen molar-refractivity contribution in [3.63, 3.8) is 0 Å². The molecule has 0 atom stereocenters. The van der Waals surface area contributed by atoms with Crippen LogP contribution < -0.4 is 10.6 Å². The number of nitrogen functional groups attached to an aromatic ring is 1. The van der Waals surface area contributed by atoms with Gasteiger partial charge in [-0.05, 0) is 31.0 Å². The average Bonchev–Trinajstić information content (AvgIpc) is 2.39. The maximum Gasteiger partial charge on any atom is 0.180 e. The largest absolute Gasteiger partial charge is 0.398 e. The Hall–Kier alpha value is -1.27. The smallest absolute Gasteiger partial charge is 0.180 e. The van der Waals surface area contributed by atoms with Crippen molar-refractivity contribution in [3.05, 3.63) is 18.2 Å². The summed E-state index contributed by atoms with van der Waals surface area (Å²) in [4.78, 5) is 2.32. The number of nitrogens with zero attached hydrogens (tertiary/aromatic N) is 1. The molecule has 1 saturated heterocycles. The first-order valence-electron chi connectivity index (χ1n) is 6.49. The van der Waals surface area contributed by atoms with Crippen LogP contribution in [0.3, 0.4) is 0 Å². The molecule has 0 aromatic heterocycles. The fraction of sp³-hybridized carbons (Fsp3) is 0.538. The molecule has 0 bridgehead atoms. The van der Waals surface area contributed by atoms with Crippen LogP contribution in [0.5, 0.6) is 0 Å². The molecule has 0 saturated carbocycles. The molecule has 3 N–H and O–H groups in total. The van der Waals surface area contributed by atoms with Crippen LogP contribution in [-0.2, 0) is 9.84 Å². The lowest BCUT2D eigenvalue weighted by atomic mass is 10.1. The molecule has 1 fully saturated rings. The highest BCUT2D eigenvalue weighted by molar-refractivity contribution is 7.91. The van der Waals surface area contributed by atoms with Gasteiger partial charge >= 0.3 is 0 Å². The molecule has 106 valence electrons. The molecule has 6 heteroatoms. The second-order valence-electron chi connectivity index (χ2n) is 4.84. The second kappa shape index (κ2) is 5.38. The fourth-order valence-corrected chi connectivity index (χ4v) is 3.30. The van der Waals surface area contributed by atoms with E-state index >= 15 is 0 Å². The van der Waals surface area contributed by atoms with Gasteiger partial charge in [-0.3, -0.25) is 0 Å². The Kier molecular flexibility index (Phi) is 4.01. The van der Waals surface area contributed by atoms with Crippen LogP contribution >= 0.6 is 0 Å². The normalized spacial score (nSPS) is 17.7. The SMILES string of the molecule is CCS(=O)(=O)c1ccc(N2CCC(O)CC2)cc1N. The molecule has 1 heterocycles. The zero-order chi connectivity index (χ0) is 14.0. The third-order valence-corrected chi connectivity index (χ3v) is 5.34. The van der Waals surface area contributed by atoms with E-state index in [-0.39, 0.29) is 16.8 Å². The van der Waals surface area contributed by atoms with Crippen LogP contribution in [0.15, 0.2) is 23.1 Å². The van der Waals surface area contributed by atoms with E-state index in [0.717, 1.165) is 31.6 Å². The number of anilines is 2. The van der Waals surface area contributed by atoms with E-state index in [4.69, 9.17) is 5.73 Å². The van der Waals surface area contributed by atoms with E-state index in [1.54, 1.807) is 25.1 Å². The van der Waals surface area contributed by atoms with E-state index in [9.17, 15) is 13.5 Å². The quantitative estimate of drug-likeness (QED) is 0.810. The van der Waals surface area contributed by atoms with Gasteiger partial charge in [-0.25, -0.2) is 8.42 Å². The molecule has 1 aliphatic rings. The summed E-state index contributed by atoms with van der Waals surface area (Å²) in [6, 6.07) is 5.07. The number of sulfone groups is 1. The highest BCUT2D eigenvalue weighted by Crippen LogP contribution is 2.27. The van der Waals surface area contributed by atoms with Gasteiger partial charge in [0.25, 0.3) is 0 Å². The summed E-state index contributed by atoms with van der Waals surface area (Å²) in [6.07, 6.45) is 1.23. The fourth-order valence-electron chi connectivity index (χ4n) is 2.30. The molecule has 0 aliphatic carbocycles. The minimum Gasteiger partial charge on any atom is -0.398 e. The van der Waals surface area contributed by atoms with Crippen LogP contribution in [0.4, 0.5) is 11.4 Å². The van der Waals surface area contributed by atoms with Crippen molar-refractivity contribution in [1.82, 2.24) is 0 Å². The number of benzene rings is 1. The van der Waals surface area contributed by atoms with E-state index in [2.05, 4.69) is 4.90 Å². The van der Waals surface area contributed by atoms with Gasteiger partial charge in [0.2, 0.25) is 0 Å². The molecular weight excluding hydrogens is 264 g/mol. The molecule has 1 aliphatic heterocycles. The molecule has 0 spiro atoms. The maximum atomic E-state index is 11.8. The lowest BCUT2D eigenvalue weighted by Gasteiger charge is -2.31. The maximum absolute atomic E-state index is 11.8. The van der Waals surface area contributed by atoms with E-state index < -0.39 is 9.84 Å². The molecule has 0 unspecified atom stereocenters. The number of aliphatic hydroxyl groups excluding tert-OH is 1. The molecule has 2 rings (SSSR count). The van der Waals surface area contributed by atoms with Gasteiger partial charge in [0.15, 0.2) is 9.84 Å². The van der Waals surface area contributed by atoms with E-state index in [1.807, 2.05) is 0 Å². The number of aliphatic hydroxyl groups is 1. The van der Waals surface area contributed by atoms with Crippen molar-refractivity contribution in [2.24, 2.45) is 0 Å². The van der Waals surface area contributed by atoms with Gasteiger partial charge in [0.05, 0.1) is 22.4 Å². The van der Waals surface area contributed by atoms with Crippen molar-refractivity contribution < 1.29 is 13.5 Å². The minimum absolute atomic E-state index is 0.0481. The Balaban J connectivity index is 2.24. The van der Waals surface area contributed by atoms with Gasteiger partial charge in [0.1, 0.15) is 0 Å². The molecular formula is C13H20N2O3S. The standard InChI is InChI=1S/C13H20N2O3S/c1-2-19(17,18)13-4-3-10(9-12(13)14)15-7-5-11(16)6-8-15/h3-4,9,11,16H,2,5-8,14H2,1H3. The van der Waals surface area contributed by atoms with Gasteiger partial charge in [-0.1, -0.05) is 6.92 Å². The molecule has 0 amide bonds. The number of nitrogens with two attached hydrogens (primary N) is 1. The monoisotopic (exact) mass is 284 g/mol. The van der Waals surface area contributed by atoms with Crippen LogP contribution in [-0.4, -0.2) is 38.5 Å². The third kappa shape index (κ3) is 3.01. The lowest BCUT2D eigenvalue weighted by Crippen LogP contribution is -2.35. The summed E-state index contributed by atoms with van der Waals surface area (Å²) in [5.41, 5.74) is 7.07. The zero-order valence-corrected chi connectivity index (χ0v) is 11.9. The Bertz CT molecular complexity index is 549. The Morgan fingerprint density at radius 1 is 1.37 bits per heavy atom. The second-order valence-corrected chi connectivity index (χ2v) is 7.09. The first-order valence-corrected chi connectivity index (χ1v) is 8.14. The molecule has 5 nitrogen and oxygen atoms in total. The first-order chi connectivity index (χ1) is 8.94. The van der Waals surface area contributed by atoms with Crippen molar-refractivity contribution >= 4 is 21.2 Å². The van der Waals surface area contributed by atoms with E-state index in [1.165, 1.54) is 0 Å². The highest BCUT2D eigenvalue weighted by atomic mass is 32.2. The lowest BCUT2D eigenvalue weighted by molar-refractivity contribution is 0.145. The van der Waals surface area contributed by atoms with Crippen molar-refractivity contribution in [1.29, 1.82) is 0 Å². The van der Waals surface area contributed by atoms with Gasteiger partial charge < -0.3 is 15.7 Å². The van der Waals surface area contributed by atoms with Gasteiger partial charge in [-0.2, -0.15) is 0 Å². The summed E-state index contributed by atoms with van der Waals surface area (Å²) in [5, 5.41) is 9.48. The van der Waals surface area contributed by atoms with Crippen molar-refractivity contribution in [2.45, 2.75) is 30.8 Å². The van der Waals surface area contributed by atoms with Crippen LogP contribution in [0.25, 0.3) is 0 Å². The molecule has 1 aromatic carbocycles.